The number of alkyl halides is 2. The first kappa shape index (κ1) is 13.0. The van der Waals surface area contributed by atoms with Crippen LogP contribution in [0.2, 0.25) is 0 Å². The van der Waals surface area contributed by atoms with Gasteiger partial charge in [-0.25, -0.2) is 0 Å². The van der Waals surface area contributed by atoms with Crippen molar-refractivity contribution in [2.45, 2.75) is 25.2 Å². The van der Waals surface area contributed by atoms with Crippen molar-refractivity contribution in [2.24, 2.45) is 0 Å². The maximum atomic E-state index is 5.79. The van der Waals surface area contributed by atoms with E-state index in [-0.39, 0.29) is 0 Å². The van der Waals surface area contributed by atoms with E-state index in [0.717, 1.165) is 30.4 Å². The standard InChI is InChI=1S/C9H13Cl2N5S/c1-3-15(4-2)5-6-12-13-9-16(6)14-8(17-9)7(10)11/h7H,3-5H2,1-2H3. The predicted molar refractivity (Wildman–Crippen MR) is 69.7 cm³/mol. The van der Waals surface area contributed by atoms with Crippen molar-refractivity contribution in [3.05, 3.63) is 10.8 Å². The normalized spacial score (nSPS) is 12.1. The lowest BCUT2D eigenvalue weighted by atomic mass is 10.4. The Kier molecular flexibility index (Phi) is 4.19. The summed E-state index contributed by atoms with van der Waals surface area (Å²) >= 11 is 12.9. The highest BCUT2D eigenvalue weighted by molar-refractivity contribution is 7.17. The second-order valence-electron chi connectivity index (χ2n) is 3.51. The van der Waals surface area contributed by atoms with Crippen LogP contribution in [0, 0.1) is 0 Å². The number of aromatic nitrogens is 4. The fourth-order valence-corrected chi connectivity index (χ4v) is 2.57. The maximum Gasteiger partial charge on any atom is 0.234 e. The van der Waals surface area contributed by atoms with Gasteiger partial charge in [0.15, 0.2) is 15.7 Å². The highest BCUT2D eigenvalue weighted by atomic mass is 35.5. The van der Waals surface area contributed by atoms with Crippen LogP contribution in [-0.4, -0.2) is 37.8 Å². The van der Waals surface area contributed by atoms with E-state index in [1.807, 2.05) is 0 Å². The van der Waals surface area contributed by atoms with Crippen LogP contribution in [0.1, 0.15) is 29.5 Å². The predicted octanol–water partition coefficient (Wildman–Crippen LogP) is 2.50. The molecule has 17 heavy (non-hydrogen) atoms. The molecule has 0 aliphatic carbocycles. The molecule has 0 saturated carbocycles. The minimum Gasteiger partial charge on any atom is -0.296 e. The average molecular weight is 294 g/mol. The molecule has 0 N–H and O–H groups in total. The molecule has 2 aromatic rings. The molecule has 0 saturated heterocycles. The first-order valence-corrected chi connectivity index (χ1v) is 7.06. The molecule has 0 aliphatic heterocycles. The molecule has 0 amide bonds. The van der Waals surface area contributed by atoms with Crippen molar-refractivity contribution < 1.29 is 0 Å². The van der Waals surface area contributed by atoms with Gasteiger partial charge in [-0.1, -0.05) is 48.4 Å². The highest BCUT2D eigenvalue weighted by Crippen LogP contribution is 2.28. The van der Waals surface area contributed by atoms with Crippen LogP contribution in [-0.2, 0) is 6.54 Å². The van der Waals surface area contributed by atoms with Crippen molar-refractivity contribution in [3.63, 3.8) is 0 Å². The third-order valence-corrected chi connectivity index (χ3v) is 4.15. The van der Waals surface area contributed by atoms with Gasteiger partial charge < -0.3 is 0 Å². The van der Waals surface area contributed by atoms with E-state index >= 15 is 0 Å². The van der Waals surface area contributed by atoms with Crippen molar-refractivity contribution in [1.82, 2.24) is 24.7 Å². The van der Waals surface area contributed by atoms with Gasteiger partial charge in [0.1, 0.15) is 0 Å². The Morgan fingerprint density at radius 2 is 2.00 bits per heavy atom. The lowest BCUT2D eigenvalue weighted by Crippen LogP contribution is -2.23. The summed E-state index contributed by atoms with van der Waals surface area (Å²) in [5.41, 5.74) is 0. The quantitative estimate of drug-likeness (QED) is 0.795. The molecule has 2 rings (SSSR count). The zero-order valence-corrected chi connectivity index (χ0v) is 11.9. The third kappa shape index (κ3) is 2.70. The first-order valence-electron chi connectivity index (χ1n) is 5.37. The van der Waals surface area contributed by atoms with E-state index in [0.29, 0.717) is 5.01 Å². The van der Waals surface area contributed by atoms with Gasteiger partial charge in [0, 0.05) is 0 Å². The van der Waals surface area contributed by atoms with Gasteiger partial charge >= 0.3 is 0 Å². The van der Waals surface area contributed by atoms with Crippen LogP contribution < -0.4 is 0 Å². The highest BCUT2D eigenvalue weighted by Gasteiger charge is 2.16. The molecule has 0 aromatic carbocycles. The fourth-order valence-electron chi connectivity index (χ4n) is 1.51. The van der Waals surface area contributed by atoms with Gasteiger partial charge in [0.05, 0.1) is 6.54 Å². The Hall–Kier alpha value is -0.430. The summed E-state index contributed by atoms with van der Waals surface area (Å²) in [6.45, 7) is 6.89. The Bertz CT molecular complexity index is 490. The smallest absolute Gasteiger partial charge is 0.234 e. The zero-order valence-electron chi connectivity index (χ0n) is 9.60. The molecule has 0 atom stereocenters. The molecule has 8 heteroatoms. The van der Waals surface area contributed by atoms with Crippen LogP contribution in [0.15, 0.2) is 0 Å². The fraction of sp³-hybridized carbons (Fsp3) is 0.667. The molecule has 0 unspecified atom stereocenters. The number of rotatable bonds is 5. The molecular formula is C9H13Cl2N5S. The van der Waals surface area contributed by atoms with Crippen LogP contribution in [0.4, 0.5) is 0 Å². The lowest BCUT2D eigenvalue weighted by Gasteiger charge is -2.15. The summed E-state index contributed by atoms with van der Waals surface area (Å²) in [6.07, 6.45) is 0. The topological polar surface area (TPSA) is 46.3 Å². The Labute approximate surface area is 113 Å². The van der Waals surface area contributed by atoms with Crippen molar-refractivity contribution in [3.8, 4) is 0 Å². The number of fused-ring (bicyclic) bond motifs is 1. The monoisotopic (exact) mass is 293 g/mol. The minimum atomic E-state index is -0.608. The molecular weight excluding hydrogens is 281 g/mol. The van der Waals surface area contributed by atoms with Crippen molar-refractivity contribution in [1.29, 1.82) is 0 Å². The largest absolute Gasteiger partial charge is 0.296 e. The molecule has 0 bridgehead atoms. The zero-order chi connectivity index (χ0) is 12.4. The SMILES string of the molecule is CCN(CC)Cc1nnc2sc(C(Cl)Cl)nn12. The maximum absolute atomic E-state index is 5.79. The Balaban J connectivity index is 2.28. The third-order valence-electron chi connectivity index (χ3n) is 2.52. The average Bonchev–Trinajstić information content (AvgIpc) is 2.86. The summed E-state index contributed by atoms with van der Waals surface area (Å²) < 4.78 is 1.72. The van der Waals surface area contributed by atoms with Crippen LogP contribution >= 0.6 is 34.5 Å². The molecule has 2 heterocycles. The molecule has 0 fully saturated rings. The second kappa shape index (κ2) is 5.48. The number of halogens is 2. The van der Waals surface area contributed by atoms with E-state index in [2.05, 4.69) is 34.0 Å². The summed E-state index contributed by atoms with van der Waals surface area (Å²) in [5.74, 6) is 0.820. The van der Waals surface area contributed by atoms with Crippen molar-refractivity contribution in [2.75, 3.05) is 13.1 Å². The van der Waals surface area contributed by atoms with E-state index in [1.54, 1.807) is 4.52 Å². The van der Waals surface area contributed by atoms with E-state index in [4.69, 9.17) is 23.2 Å². The van der Waals surface area contributed by atoms with E-state index < -0.39 is 4.84 Å². The van der Waals surface area contributed by atoms with Gasteiger partial charge in [0.25, 0.3) is 0 Å². The molecule has 0 aliphatic rings. The molecule has 94 valence electrons. The first-order chi connectivity index (χ1) is 8.15. The van der Waals surface area contributed by atoms with Crippen LogP contribution in [0.25, 0.3) is 4.96 Å². The van der Waals surface area contributed by atoms with Gasteiger partial charge in [-0.15, -0.1) is 10.2 Å². The summed E-state index contributed by atoms with van der Waals surface area (Å²) in [5, 5.41) is 13.2. The number of hydrogen-bond acceptors (Lipinski definition) is 5. The van der Waals surface area contributed by atoms with E-state index in [9.17, 15) is 0 Å². The van der Waals surface area contributed by atoms with E-state index in [1.165, 1.54) is 11.3 Å². The van der Waals surface area contributed by atoms with Crippen LogP contribution in [0.5, 0.6) is 0 Å². The Morgan fingerprint density at radius 1 is 1.29 bits per heavy atom. The Morgan fingerprint density at radius 3 is 2.59 bits per heavy atom. The van der Waals surface area contributed by atoms with Gasteiger partial charge in [-0.2, -0.15) is 9.61 Å². The second-order valence-corrected chi connectivity index (χ2v) is 5.60. The summed E-state index contributed by atoms with van der Waals surface area (Å²) in [6, 6.07) is 0. The molecule has 5 nitrogen and oxygen atoms in total. The van der Waals surface area contributed by atoms with Crippen molar-refractivity contribution >= 4 is 39.5 Å². The number of hydrogen-bond donors (Lipinski definition) is 0. The molecule has 0 radical (unpaired) electrons. The summed E-state index contributed by atoms with van der Waals surface area (Å²) in [4.78, 5) is 2.37. The number of nitrogens with zero attached hydrogens (tertiary/aromatic N) is 5. The van der Waals surface area contributed by atoms with Gasteiger partial charge in [0.2, 0.25) is 4.96 Å². The summed E-state index contributed by atoms with van der Waals surface area (Å²) in [7, 11) is 0. The minimum absolute atomic E-state index is 0.608. The lowest BCUT2D eigenvalue weighted by molar-refractivity contribution is 0.286. The van der Waals surface area contributed by atoms with Gasteiger partial charge in [-0.05, 0) is 13.1 Å². The van der Waals surface area contributed by atoms with Gasteiger partial charge in [-0.3, -0.25) is 4.90 Å². The van der Waals surface area contributed by atoms with Crippen LogP contribution in [0.3, 0.4) is 0 Å². The molecule has 0 spiro atoms. The molecule has 2 aromatic heterocycles.